The highest BCUT2D eigenvalue weighted by atomic mass is 19.4. The molecule has 2 aliphatic rings. The summed E-state index contributed by atoms with van der Waals surface area (Å²) in [5.74, 6) is -3.24. The van der Waals surface area contributed by atoms with Gasteiger partial charge in [0.15, 0.2) is 0 Å². The number of rotatable bonds is 2. The van der Waals surface area contributed by atoms with Gasteiger partial charge in [-0.1, -0.05) is 6.42 Å². The van der Waals surface area contributed by atoms with Crippen molar-refractivity contribution < 1.29 is 27.5 Å². The van der Waals surface area contributed by atoms with E-state index in [1.165, 1.54) is 4.90 Å². The molecule has 0 radical (unpaired) electrons. The molecule has 2 rings (SSSR count). The molecule has 0 aromatic heterocycles. The summed E-state index contributed by atoms with van der Waals surface area (Å²) in [7, 11) is 0. The summed E-state index contributed by atoms with van der Waals surface area (Å²) in [5.41, 5.74) is 3.23. The summed E-state index contributed by atoms with van der Waals surface area (Å²) in [5, 5.41) is 0. The number of likely N-dealkylation sites (tertiary alicyclic amines) is 1. The number of ether oxygens (including phenoxy) is 1. The SMILES string of the molecule is C[C@@](N)(OC(=O)C(F)(F)F)C(=O)N1CC2(CCC2)C1. The Hall–Kier alpha value is -1.31. The number of amides is 1. The fraction of sp³-hybridized carbons (Fsp3) is 0.818. The van der Waals surface area contributed by atoms with Crippen LogP contribution in [0.2, 0.25) is 0 Å². The van der Waals surface area contributed by atoms with Crippen LogP contribution in [-0.4, -0.2) is 41.8 Å². The van der Waals surface area contributed by atoms with Crippen LogP contribution in [0.4, 0.5) is 13.2 Å². The van der Waals surface area contributed by atoms with Crippen LogP contribution in [0.15, 0.2) is 0 Å². The molecule has 1 heterocycles. The third-order valence-corrected chi connectivity index (χ3v) is 3.71. The monoisotopic (exact) mass is 280 g/mol. The normalized spacial score (nSPS) is 24.2. The first-order valence-electron chi connectivity index (χ1n) is 5.94. The zero-order valence-corrected chi connectivity index (χ0v) is 10.4. The van der Waals surface area contributed by atoms with Crippen molar-refractivity contribution in [3.05, 3.63) is 0 Å². The maximum Gasteiger partial charge on any atom is 0.491 e. The average molecular weight is 280 g/mol. The van der Waals surface area contributed by atoms with Gasteiger partial charge in [0.1, 0.15) is 0 Å². The van der Waals surface area contributed by atoms with Gasteiger partial charge in [0, 0.05) is 18.5 Å². The second-order valence-electron chi connectivity index (χ2n) is 5.51. The van der Waals surface area contributed by atoms with Crippen molar-refractivity contribution in [1.82, 2.24) is 4.90 Å². The van der Waals surface area contributed by atoms with Crippen molar-refractivity contribution in [2.24, 2.45) is 11.1 Å². The van der Waals surface area contributed by atoms with E-state index in [9.17, 15) is 22.8 Å². The van der Waals surface area contributed by atoms with Crippen LogP contribution in [0.5, 0.6) is 0 Å². The summed E-state index contributed by atoms with van der Waals surface area (Å²) in [4.78, 5) is 23.9. The number of hydrogen-bond acceptors (Lipinski definition) is 4. The third-order valence-electron chi connectivity index (χ3n) is 3.71. The van der Waals surface area contributed by atoms with Crippen LogP contribution in [0, 0.1) is 5.41 Å². The molecular weight excluding hydrogens is 265 g/mol. The lowest BCUT2D eigenvalue weighted by atomic mass is 9.63. The van der Waals surface area contributed by atoms with Crippen LogP contribution in [-0.2, 0) is 14.3 Å². The Kier molecular flexibility index (Phi) is 3.04. The van der Waals surface area contributed by atoms with Gasteiger partial charge in [0.05, 0.1) is 0 Å². The van der Waals surface area contributed by atoms with E-state index in [2.05, 4.69) is 4.74 Å². The van der Waals surface area contributed by atoms with Crippen molar-refractivity contribution in [1.29, 1.82) is 0 Å². The Balaban J connectivity index is 1.92. The number of halogens is 3. The highest BCUT2D eigenvalue weighted by Gasteiger charge is 2.53. The minimum Gasteiger partial charge on any atom is -0.428 e. The van der Waals surface area contributed by atoms with Crippen LogP contribution in [0.25, 0.3) is 0 Å². The molecular formula is C11H15F3N2O3. The van der Waals surface area contributed by atoms with Crippen molar-refractivity contribution in [2.45, 2.75) is 38.1 Å². The minimum absolute atomic E-state index is 0.125. The fourth-order valence-corrected chi connectivity index (χ4v) is 2.51. The molecule has 0 aromatic rings. The van der Waals surface area contributed by atoms with E-state index in [4.69, 9.17) is 5.73 Å². The summed E-state index contributed by atoms with van der Waals surface area (Å²) >= 11 is 0. The van der Waals surface area contributed by atoms with Crippen molar-refractivity contribution >= 4 is 11.9 Å². The zero-order chi connectivity index (χ0) is 14.5. The zero-order valence-electron chi connectivity index (χ0n) is 10.4. The molecule has 19 heavy (non-hydrogen) atoms. The van der Waals surface area contributed by atoms with Gasteiger partial charge in [0.25, 0.3) is 5.91 Å². The molecule has 1 amide bonds. The van der Waals surface area contributed by atoms with Gasteiger partial charge in [-0.3, -0.25) is 10.5 Å². The van der Waals surface area contributed by atoms with Gasteiger partial charge in [-0.15, -0.1) is 0 Å². The largest absolute Gasteiger partial charge is 0.491 e. The van der Waals surface area contributed by atoms with Gasteiger partial charge in [-0.25, -0.2) is 4.79 Å². The summed E-state index contributed by atoms with van der Waals surface area (Å²) < 4.78 is 40.3. The standard InChI is InChI=1S/C11H15F3N2O3/c1-9(15,19-8(18)11(12,13)14)7(17)16-5-10(6-16)3-2-4-10/h2-6,15H2,1H3/t9-/m1/s1. The van der Waals surface area contributed by atoms with Crippen molar-refractivity contribution in [2.75, 3.05) is 13.1 Å². The van der Waals surface area contributed by atoms with E-state index in [1.807, 2.05) is 0 Å². The number of alkyl halides is 3. The van der Waals surface area contributed by atoms with Gasteiger partial charge >= 0.3 is 12.1 Å². The van der Waals surface area contributed by atoms with Crippen LogP contribution >= 0.6 is 0 Å². The maximum absolute atomic E-state index is 12.1. The van der Waals surface area contributed by atoms with E-state index in [1.54, 1.807) is 0 Å². The smallest absolute Gasteiger partial charge is 0.428 e. The van der Waals surface area contributed by atoms with Crippen LogP contribution in [0.3, 0.4) is 0 Å². The van der Waals surface area contributed by atoms with E-state index in [-0.39, 0.29) is 5.41 Å². The number of nitrogens with zero attached hydrogens (tertiary/aromatic N) is 1. The lowest BCUT2D eigenvalue weighted by molar-refractivity contribution is -0.217. The predicted octanol–water partition coefficient (Wildman–Crippen LogP) is 0.779. The molecule has 108 valence electrons. The number of esters is 1. The summed E-state index contributed by atoms with van der Waals surface area (Å²) in [6, 6.07) is 0. The van der Waals surface area contributed by atoms with Crippen LogP contribution < -0.4 is 5.73 Å². The van der Waals surface area contributed by atoms with Gasteiger partial charge in [-0.2, -0.15) is 13.2 Å². The first-order valence-corrected chi connectivity index (χ1v) is 5.94. The topological polar surface area (TPSA) is 72.6 Å². The van der Waals surface area contributed by atoms with E-state index in [0.717, 1.165) is 26.2 Å². The number of carbonyl (C=O) groups is 2. The Bertz CT molecular complexity index is 408. The van der Waals surface area contributed by atoms with Crippen LogP contribution in [0.1, 0.15) is 26.2 Å². The summed E-state index contributed by atoms with van der Waals surface area (Å²) in [6.45, 7) is 1.91. The van der Waals surface area contributed by atoms with Gasteiger partial charge in [-0.05, 0) is 19.8 Å². The third kappa shape index (κ3) is 2.54. The molecule has 1 saturated carbocycles. The highest BCUT2D eigenvalue weighted by Crippen LogP contribution is 2.48. The second kappa shape index (κ2) is 4.09. The van der Waals surface area contributed by atoms with Crippen molar-refractivity contribution in [3.63, 3.8) is 0 Å². The second-order valence-corrected chi connectivity index (χ2v) is 5.51. The lowest BCUT2D eigenvalue weighted by Crippen LogP contribution is -2.67. The molecule has 5 nitrogen and oxygen atoms in total. The highest BCUT2D eigenvalue weighted by molar-refractivity contribution is 5.88. The van der Waals surface area contributed by atoms with E-state index < -0.39 is 23.8 Å². The Morgan fingerprint density at radius 1 is 1.26 bits per heavy atom. The lowest BCUT2D eigenvalue weighted by Gasteiger charge is -2.56. The Morgan fingerprint density at radius 3 is 2.16 bits per heavy atom. The van der Waals surface area contributed by atoms with Gasteiger partial charge < -0.3 is 9.64 Å². The Labute approximate surface area is 107 Å². The van der Waals surface area contributed by atoms with Gasteiger partial charge in [0.2, 0.25) is 5.72 Å². The minimum atomic E-state index is -5.16. The molecule has 2 fully saturated rings. The quantitative estimate of drug-likeness (QED) is 0.599. The fourth-order valence-electron chi connectivity index (χ4n) is 2.51. The Morgan fingerprint density at radius 2 is 1.79 bits per heavy atom. The first-order chi connectivity index (χ1) is 8.56. The average Bonchev–Trinajstić information content (AvgIpc) is 2.10. The molecule has 2 N–H and O–H groups in total. The number of carbonyl (C=O) groups excluding carboxylic acids is 2. The maximum atomic E-state index is 12.1. The molecule has 1 saturated heterocycles. The van der Waals surface area contributed by atoms with E-state index >= 15 is 0 Å². The predicted molar refractivity (Wildman–Crippen MR) is 57.6 cm³/mol. The van der Waals surface area contributed by atoms with E-state index in [0.29, 0.717) is 13.1 Å². The molecule has 1 aliphatic heterocycles. The molecule has 0 aromatic carbocycles. The molecule has 1 atom stereocenters. The first kappa shape index (κ1) is 14.1. The molecule has 1 aliphatic carbocycles. The van der Waals surface area contributed by atoms with Crippen molar-refractivity contribution in [3.8, 4) is 0 Å². The summed E-state index contributed by atoms with van der Waals surface area (Å²) in [6.07, 6.45) is -2.03. The molecule has 1 spiro atoms. The molecule has 0 unspecified atom stereocenters. The number of hydrogen-bond donors (Lipinski definition) is 1. The number of nitrogens with two attached hydrogens (primary N) is 1. The molecule has 8 heteroatoms. The molecule has 0 bridgehead atoms.